The van der Waals surface area contributed by atoms with Crippen molar-refractivity contribution in [3.63, 3.8) is 0 Å². The maximum absolute atomic E-state index is 12.9. The van der Waals surface area contributed by atoms with E-state index in [-0.39, 0.29) is 16.2 Å². The molecule has 0 spiro atoms. The first kappa shape index (κ1) is 20.9. The molecule has 1 aliphatic rings. The molecule has 9 heteroatoms. The first-order valence-electron chi connectivity index (χ1n) is 9.12. The van der Waals surface area contributed by atoms with E-state index >= 15 is 0 Å². The molecule has 2 aromatic rings. The third kappa shape index (κ3) is 4.30. The fourth-order valence-corrected chi connectivity index (χ4v) is 4.76. The average Bonchev–Trinajstić information content (AvgIpc) is 3.29. The zero-order chi connectivity index (χ0) is 21.0. The van der Waals surface area contributed by atoms with E-state index in [1.165, 1.54) is 43.8 Å². The summed E-state index contributed by atoms with van der Waals surface area (Å²) in [4.78, 5) is 12.9. The maximum atomic E-state index is 12.9. The zero-order valence-electron chi connectivity index (χ0n) is 16.6. The van der Waals surface area contributed by atoms with Gasteiger partial charge in [-0.25, -0.2) is 8.42 Å². The molecular weight excluding hydrogens is 396 g/mol. The molecule has 0 aromatic heterocycles. The number of nitrogens with one attached hydrogen (secondary N) is 1. The third-order valence-corrected chi connectivity index (χ3v) is 6.65. The van der Waals surface area contributed by atoms with Gasteiger partial charge in [-0.05, 0) is 43.2 Å². The van der Waals surface area contributed by atoms with Gasteiger partial charge in [0.2, 0.25) is 10.0 Å². The maximum Gasteiger partial charge on any atom is 0.259 e. The minimum Gasteiger partial charge on any atom is -0.496 e. The zero-order valence-corrected chi connectivity index (χ0v) is 17.4. The number of hydrogen-bond acceptors (Lipinski definition) is 6. The topological polar surface area (TPSA) is 94.2 Å². The number of sulfonamides is 1. The molecular formula is C20H24N2O6S. The second-order valence-electron chi connectivity index (χ2n) is 6.50. The molecule has 1 N–H and O–H groups in total. The Morgan fingerprint density at radius 2 is 1.52 bits per heavy atom. The smallest absolute Gasteiger partial charge is 0.259 e. The highest BCUT2D eigenvalue weighted by Crippen LogP contribution is 2.31. The number of benzene rings is 2. The van der Waals surface area contributed by atoms with Crippen LogP contribution in [0.5, 0.6) is 17.2 Å². The van der Waals surface area contributed by atoms with E-state index < -0.39 is 15.9 Å². The van der Waals surface area contributed by atoms with Gasteiger partial charge in [-0.1, -0.05) is 0 Å². The average molecular weight is 420 g/mol. The number of rotatable bonds is 7. The van der Waals surface area contributed by atoms with Gasteiger partial charge in [0.15, 0.2) is 11.5 Å². The van der Waals surface area contributed by atoms with Crippen molar-refractivity contribution in [2.45, 2.75) is 17.7 Å². The lowest BCUT2D eigenvalue weighted by atomic mass is 10.1. The molecule has 1 heterocycles. The number of amides is 1. The number of anilines is 1. The monoisotopic (exact) mass is 420 g/mol. The molecule has 8 nitrogen and oxygen atoms in total. The number of carbonyl (C=O) groups excluding carboxylic acids is 1. The van der Waals surface area contributed by atoms with E-state index in [4.69, 9.17) is 14.2 Å². The van der Waals surface area contributed by atoms with Crippen molar-refractivity contribution in [1.82, 2.24) is 4.31 Å². The highest BCUT2D eigenvalue weighted by atomic mass is 32.2. The van der Waals surface area contributed by atoms with Gasteiger partial charge in [0.05, 0.1) is 31.8 Å². The minimum atomic E-state index is -3.65. The predicted molar refractivity (Wildman–Crippen MR) is 108 cm³/mol. The Morgan fingerprint density at radius 3 is 2.14 bits per heavy atom. The van der Waals surface area contributed by atoms with Gasteiger partial charge < -0.3 is 19.5 Å². The Kier molecular flexibility index (Phi) is 6.29. The third-order valence-electron chi connectivity index (χ3n) is 4.76. The number of methoxy groups -OCH3 is 3. The van der Waals surface area contributed by atoms with E-state index in [0.717, 1.165) is 12.8 Å². The van der Waals surface area contributed by atoms with Gasteiger partial charge in [0, 0.05) is 24.8 Å². The highest BCUT2D eigenvalue weighted by Gasteiger charge is 2.28. The SMILES string of the molecule is COc1ccc(NC(=O)c2cc(S(=O)(=O)N3CCCC3)ccc2OC)cc1OC. The van der Waals surface area contributed by atoms with E-state index in [9.17, 15) is 13.2 Å². The Hall–Kier alpha value is -2.78. The number of carbonyl (C=O) groups is 1. The summed E-state index contributed by atoms with van der Waals surface area (Å²) in [6.07, 6.45) is 1.67. The number of hydrogen-bond donors (Lipinski definition) is 1. The van der Waals surface area contributed by atoms with E-state index in [1.54, 1.807) is 18.2 Å². The van der Waals surface area contributed by atoms with Gasteiger partial charge in [-0.15, -0.1) is 0 Å². The minimum absolute atomic E-state index is 0.0673. The Balaban J connectivity index is 1.91. The summed E-state index contributed by atoms with van der Waals surface area (Å²) in [6.45, 7) is 0.975. The molecule has 2 aromatic carbocycles. The summed E-state index contributed by atoms with van der Waals surface area (Å²) < 4.78 is 42.8. The van der Waals surface area contributed by atoms with Crippen molar-refractivity contribution >= 4 is 21.6 Å². The molecule has 1 fully saturated rings. The van der Waals surface area contributed by atoms with Crippen LogP contribution in [0, 0.1) is 0 Å². The van der Waals surface area contributed by atoms with Crippen LogP contribution in [-0.2, 0) is 10.0 Å². The molecule has 0 bridgehead atoms. The van der Waals surface area contributed by atoms with Gasteiger partial charge >= 0.3 is 0 Å². The van der Waals surface area contributed by atoms with E-state index in [0.29, 0.717) is 30.3 Å². The quantitative estimate of drug-likeness (QED) is 0.740. The van der Waals surface area contributed by atoms with Crippen LogP contribution in [0.4, 0.5) is 5.69 Å². The Labute approximate surface area is 170 Å². The molecule has 1 saturated heterocycles. The summed E-state index contributed by atoms with van der Waals surface area (Å²) in [7, 11) is 0.797. The van der Waals surface area contributed by atoms with Crippen molar-refractivity contribution in [2.24, 2.45) is 0 Å². The summed E-state index contributed by atoms with van der Waals surface area (Å²) >= 11 is 0. The first-order chi connectivity index (χ1) is 13.9. The standard InChI is InChI=1S/C20H24N2O6S/c1-26-17-9-7-15(29(24,25)22-10-4-5-11-22)13-16(17)20(23)21-14-6-8-18(27-2)19(12-14)28-3/h6-9,12-13H,4-5,10-11H2,1-3H3,(H,21,23). The lowest BCUT2D eigenvalue weighted by Crippen LogP contribution is -2.28. The molecule has 3 rings (SSSR count). The van der Waals surface area contributed by atoms with Crippen LogP contribution in [0.3, 0.4) is 0 Å². The normalized spacial score (nSPS) is 14.4. The van der Waals surface area contributed by atoms with Crippen molar-refractivity contribution in [3.8, 4) is 17.2 Å². The first-order valence-corrected chi connectivity index (χ1v) is 10.6. The summed E-state index contributed by atoms with van der Waals surface area (Å²) in [6, 6.07) is 9.25. The second-order valence-corrected chi connectivity index (χ2v) is 8.44. The number of nitrogens with zero attached hydrogens (tertiary/aromatic N) is 1. The summed E-state index contributed by atoms with van der Waals surface area (Å²) in [5, 5.41) is 2.74. The molecule has 0 saturated carbocycles. The van der Waals surface area contributed by atoms with Crippen LogP contribution in [0.25, 0.3) is 0 Å². The van der Waals surface area contributed by atoms with Gasteiger partial charge in [-0.3, -0.25) is 4.79 Å². The largest absolute Gasteiger partial charge is 0.496 e. The van der Waals surface area contributed by atoms with Gasteiger partial charge in [0.25, 0.3) is 5.91 Å². The molecule has 29 heavy (non-hydrogen) atoms. The summed E-state index contributed by atoms with van der Waals surface area (Å²) in [5.74, 6) is 0.778. The van der Waals surface area contributed by atoms with Crippen molar-refractivity contribution in [3.05, 3.63) is 42.0 Å². The van der Waals surface area contributed by atoms with Crippen LogP contribution in [0.15, 0.2) is 41.3 Å². The molecule has 0 aliphatic carbocycles. The second kappa shape index (κ2) is 8.71. The summed E-state index contributed by atoms with van der Waals surface area (Å²) in [5.41, 5.74) is 0.602. The van der Waals surface area contributed by atoms with E-state index in [1.807, 2.05) is 0 Å². The Morgan fingerprint density at radius 1 is 0.897 bits per heavy atom. The molecule has 1 aliphatic heterocycles. The van der Waals surface area contributed by atoms with Crippen LogP contribution in [0.1, 0.15) is 23.2 Å². The van der Waals surface area contributed by atoms with Gasteiger partial charge in [0.1, 0.15) is 5.75 Å². The van der Waals surface area contributed by atoms with Crippen LogP contribution < -0.4 is 19.5 Å². The van der Waals surface area contributed by atoms with Gasteiger partial charge in [-0.2, -0.15) is 4.31 Å². The van der Waals surface area contributed by atoms with Crippen molar-refractivity contribution < 1.29 is 27.4 Å². The fraction of sp³-hybridized carbons (Fsp3) is 0.350. The lowest BCUT2D eigenvalue weighted by molar-refractivity contribution is 0.102. The molecule has 1 amide bonds. The lowest BCUT2D eigenvalue weighted by Gasteiger charge is -2.17. The predicted octanol–water partition coefficient (Wildman–Crippen LogP) is 2.75. The van der Waals surface area contributed by atoms with Crippen LogP contribution in [-0.4, -0.2) is 53.0 Å². The van der Waals surface area contributed by atoms with Crippen molar-refractivity contribution in [1.29, 1.82) is 0 Å². The van der Waals surface area contributed by atoms with Crippen LogP contribution in [0.2, 0.25) is 0 Å². The van der Waals surface area contributed by atoms with Crippen molar-refractivity contribution in [2.75, 3.05) is 39.7 Å². The molecule has 0 atom stereocenters. The highest BCUT2D eigenvalue weighted by molar-refractivity contribution is 7.89. The number of ether oxygens (including phenoxy) is 3. The van der Waals surface area contributed by atoms with Crippen LogP contribution >= 0.6 is 0 Å². The Bertz CT molecular complexity index is 1000. The fourth-order valence-electron chi connectivity index (χ4n) is 3.21. The molecule has 0 radical (unpaired) electrons. The molecule has 156 valence electrons. The molecule has 0 unspecified atom stereocenters. The van der Waals surface area contributed by atoms with E-state index in [2.05, 4.69) is 5.32 Å².